The van der Waals surface area contributed by atoms with Crippen LogP contribution in [0.15, 0.2) is 40.6 Å². The molecule has 0 aliphatic heterocycles. The minimum atomic E-state index is -4.92. The molecule has 0 aliphatic rings. The molecule has 0 saturated heterocycles. The van der Waals surface area contributed by atoms with Gasteiger partial charge >= 0.3 is 12.1 Å². The summed E-state index contributed by atoms with van der Waals surface area (Å²) in [5.41, 5.74) is -1.39. The summed E-state index contributed by atoms with van der Waals surface area (Å²) < 4.78 is 71.5. The molecule has 1 atom stereocenters. The zero-order valence-corrected chi connectivity index (χ0v) is 15.6. The Morgan fingerprint density at radius 2 is 2.04 bits per heavy atom. The number of thiophene rings is 1. The number of methoxy groups -OCH3 is 1. The molecule has 1 aromatic heterocycles. The molecule has 26 heavy (non-hydrogen) atoms. The number of esters is 1. The molecule has 0 saturated carbocycles. The molecule has 2 aromatic rings. The number of nitrogens with one attached hydrogen (secondary N) is 1. The van der Waals surface area contributed by atoms with Crippen LogP contribution in [0.1, 0.15) is 22.9 Å². The van der Waals surface area contributed by atoms with Crippen molar-refractivity contribution in [2.45, 2.75) is 23.5 Å². The lowest BCUT2D eigenvalue weighted by Crippen LogP contribution is -2.31. The van der Waals surface area contributed by atoms with Crippen molar-refractivity contribution >= 4 is 38.9 Å². The van der Waals surface area contributed by atoms with Gasteiger partial charge in [0.05, 0.1) is 30.0 Å². The predicted octanol–water partition coefficient (Wildman–Crippen LogP) is 4.00. The third-order valence-corrected chi connectivity index (χ3v) is 6.07. The van der Waals surface area contributed by atoms with E-state index in [2.05, 4.69) is 9.46 Å². The van der Waals surface area contributed by atoms with Gasteiger partial charge in [0.1, 0.15) is 0 Å². The molecule has 0 amide bonds. The topological polar surface area (TPSA) is 72.5 Å². The second-order valence-electron chi connectivity index (χ2n) is 5.11. The Hall–Kier alpha value is -1.62. The highest BCUT2D eigenvalue weighted by Crippen LogP contribution is 2.36. The largest absolute Gasteiger partial charge is 0.469 e. The predicted molar refractivity (Wildman–Crippen MR) is 90.5 cm³/mol. The fourth-order valence-corrected chi connectivity index (χ4v) is 4.60. The fourth-order valence-electron chi connectivity index (χ4n) is 2.15. The van der Waals surface area contributed by atoms with Crippen LogP contribution in [0.25, 0.3) is 0 Å². The van der Waals surface area contributed by atoms with Crippen LogP contribution in [0.4, 0.5) is 13.2 Å². The first kappa shape index (κ1) is 20.7. The highest BCUT2D eigenvalue weighted by atomic mass is 35.5. The lowest BCUT2D eigenvalue weighted by molar-refractivity contribution is -0.141. The summed E-state index contributed by atoms with van der Waals surface area (Å²) in [6.45, 7) is 0. The third kappa shape index (κ3) is 4.97. The number of hydrogen-bond donors (Lipinski definition) is 1. The Balaban J connectivity index is 2.44. The van der Waals surface area contributed by atoms with Crippen molar-refractivity contribution < 1.29 is 31.1 Å². The number of rotatable bonds is 6. The van der Waals surface area contributed by atoms with E-state index in [9.17, 15) is 26.4 Å². The van der Waals surface area contributed by atoms with E-state index in [0.717, 1.165) is 30.6 Å². The van der Waals surface area contributed by atoms with Crippen LogP contribution in [0.5, 0.6) is 0 Å². The second-order valence-corrected chi connectivity index (χ2v) is 8.21. The number of ether oxygens (including phenoxy) is 1. The minimum absolute atomic E-state index is 0.249. The Morgan fingerprint density at radius 3 is 2.58 bits per heavy atom. The number of carbonyl (C=O) groups is 1. The van der Waals surface area contributed by atoms with E-state index in [1.165, 1.54) is 0 Å². The molecule has 0 spiro atoms. The summed E-state index contributed by atoms with van der Waals surface area (Å²) in [6.07, 6.45) is -5.29. The molecule has 2 rings (SSSR count). The maximum absolute atomic E-state index is 13.2. The first-order chi connectivity index (χ1) is 12.0. The van der Waals surface area contributed by atoms with E-state index in [0.29, 0.717) is 10.9 Å². The molecule has 0 fully saturated rings. The summed E-state index contributed by atoms with van der Waals surface area (Å²) in [6, 6.07) is 4.48. The van der Waals surface area contributed by atoms with Crippen molar-refractivity contribution in [3.63, 3.8) is 0 Å². The molecule has 1 N–H and O–H groups in total. The SMILES string of the molecule is COC(=O)CC(NS(=O)(=O)c1ccc(Cl)cc1C(F)(F)F)c1cccs1. The normalized spacial score (nSPS) is 13.4. The molecular weight excluding hydrogens is 415 g/mol. The molecule has 0 bridgehead atoms. The number of alkyl halides is 3. The molecule has 1 unspecified atom stereocenters. The minimum Gasteiger partial charge on any atom is -0.469 e. The molecule has 0 aliphatic carbocycles. The van der Waals surface area contributed by atoms with Gasteiger partial charge in [-0.3, -0.25) is 4.79 Å². The standard InChI is InChI=1S/C15H13ClF3NO4S2/c1-24-14(21)8-11(12-3-2-6-25-12)20-26(22,23)13-5-4-9(16)7-10(13)15(17,18)19/h2-7,11,20H,8H2,1H3. The maximum atomic E-state index is 13.2. The van der Waals surface area contributed by atoms with Crippen LogP contribution in [0, 0.1) is 0 Å². The zero-order chi connectivity index (χ0) is 19.5. The van der Waals surface area contributed by atoms with Crippen LogP contribution >= 0.6 is 22.9 Å². The highest BCUT2D eigenvalue weighted by molar-refractivity contribution is 7.89. The first-order valence-electron chi connectivity index (χ1n) is 7.04. The van der Waals surface area contributed by atoms with Crippen LogP contribution in [-0.2, 0) is 25.7 Å². The fraction of sp³-hybridized carbons (Fsp3) is 0.267. The van der Waals surface area contributed by atoms with Crippen molar-refractivity contribution in [1.29, 1.82) is 0 Å². The Morgan fingerprint density at radius 1 is 1.35 bits per heavy atom. The summed E-state index contributed by atoms with van der Waals surface area (Å²) >= 11 is 6.73. The highest BCUT2D eigenvalue weighted by Gasteiger charge is 2.38. The van der Waals surface area contributed by atoms with Gasteiger partial charge < -0.3 is 4.74 Å². The van der Waals surface area contributed by atoms with Crippen molar-refractivity contribution in [3.05, 3.63) is 51.2 Å². The zero-order valence-electron chi connectivity index (χ0n) is 13.2. The van der Waals surface area contributed by atoms with Gasteiger partial charge in [0.15, 0.2) is 0 Å². The van der Waals surface area contributed by atoms with Crippen LogP contribution in [-0.4, -0.2) is 21.5 Å². The molecular formula is C15H13ClF3NO4S2. The Bertz CT molecular complexity index is 883. The average molecular weight is 428 g/mol. The van der Waals surface area contributed by atoms with Crippen molar-refractivity contribution in [2.24, 2.45) is 0 Å². The van der Waals surface area contributed by atoms with Gasteiger partial charge in [-0.1, -0.05) is 17.7 Å². The van der Waals surface area contributed by atoms with Crippen LogP contribution in [0.3, 0.4) is 0 Å². The van der Waals surface area contributed by atoms with E-state index >= 15 is 0 Å². The molecule has 142 valence electrons. The van der Waals surface area contributed by atoms with Gasteiger partial charge in [-0.05, 0) is 29.6 Å². The number of carbonyl (C=O) groups excluding carboxylic acids is 1. The maximum Gasteiger partial charge on any atom is 0.417 e. The summed E-state index contributed by atoms with van der Waals surface area (Å²) in [7, 11) is -3.47. The number of benzene rings is 1. The molecule has 11 heteroatoms. The van der Waals surface area contributed by atoms with Gasteiger partial charge in [-0.2, -0.15) is 13.2 Å². The van der Waals surface area contributed by atoms with E-state index in [1.807, 2.05) is 0 Å². The Kier molecular flexibility index (Phi) is 6.33. The van der Waals surface area contributed by atoms with Crippen molar-refractivity contribution in [1.82, 2.24) is 4.72 Å². The molecule has 5 nitrogen and oxygen atoms in total. The van der Waals surface area contributed by atoms with Gasteiger partial charge in [-0.25, -0.2) is 13.1 Å². The average Bonchev–Trinajstić information content (AvgIpc) is 3.07. The Labute approximate surface area is 156 Å². The summed E-state index contributed by atoms with van der Waals surface area (Å²) in [4.78, 5) is 11.0. The van der Waals surface area contributed by atoms with Gasteiger partial charge in [0.25, 0.3) is 0 Å². The number of sulfonamides is 1. The second kappa shape index (κ2) is 7.95. The smallest absolute Gasteiger partial charge is 0.417 e. The van der Waals surface area contributed by atoms with Crippen LogP contribution < -0.4 is 4.72 Å². The molecule has 0 radical (unpaired) electrons. The van der Waals surface area contributed by atoms with E-state index in [4.69, 9.17) is 11.6 Å². The van der Waals surface area contributed by atoms with Crippen molar-refractivity contribution in [3.8, 4) is 0 Å². The van der Waals surface area contributed by atoms with Crippen molar-refractivity contribution in [2.75, 3.05) is 7.11 Å². The first-order valence-corrected chi connectivity index (χ1v) is 9.78. The lowest BCUT2D eigenvalue weighted by Gasteiger charge is -2.19. The third-order valence-electron chi connectivity index (χ3n) is 3.32. The number of halogens is 4. The summed E-state index contributed by atoms with van der Waals surface area (Å²) in [5.74, 6) is -0.710. The van der Waals surface area contributed by atoms with E-state index in [1.54, 1.807) is 17.5 Å². The van der Waals surface area contributed by atoms with Crippen LogP contribution in [0.2, 0.25) is 5.02 Å². The monoisotopic (exact) mass is 427 g/mol. The summed E-state index contributed by atoms with van der Waals surface area (Å²) in [5, 5.41) is 1.40. The number of hydrogen-bond acceptors (Lipinski definition) is 5. The lowest BCUT2D eigenvalue weighted by atomic mass is 10.2. The quantitative estimate of drug-likeness (QED) is 0.707. The van der Waals surface area contributed by atoms with Gasteiger partial charge in [0, 0.05) is 9.90 Å². The van der Waals surface area contributed by atoms with Gasteiger partial charge in [0.2, 0.25) is 10.0 Å². The van der Waals surface area contributed by atoms with E-state index in [-0.39, 0.29) is 11.4 Å². The van der Waals surface area contributed by atoms with E-state index < -0.39 is 38.7 Å². The van der Waals surface area contributed by atoms with Gasteiger partial charge in [-0.15, -0.1) is 11.3 Å². The molecule has 1 aromatic carbocycles. The molecule has 1 heterocycles.